The van der Waals surface area contributed by atoms with Crippen LogP contribution in [0.3, 0.4) is 0 Å². The number of nitrogens with zero attached hydrogens (tertiary/aromatic N) is 2. The summed E-state index contributed by atoms with van der Waals surface area (Å²) in [6.45, 7) is 6.08. The Morgan fingerprint density at radius 1 is 1.04 bits per heavy atom. The average Bonchev–Trinajstić information content (AvgIpc) is 2.61. The summed E-state index contributed by atoms with van der Waals surface area (Å²) < 4.78 is 26.4. The van der Waals surface area contributed by atoms with Crippen LogP contribution in [0, 0.1) is 6.92 Å². The Hall–Kier alpha value is -2.34. The van der Waals surface area contributed by atoms with Gasteiger partial charge in [-0.25, -0.2) is 8.42 Å². The van der Waals surface area contributed by atoms with Gasteiger partial charge in [0.15, 0.2) is 0 Å². The van der Waals surface area contributed by atoms with E-state index in [1.54, 1.807) is 11.9 Å². The molecule has 1 amide bonds. The second kappa shape index (κ2) is 8.57. The minimum Gasteiger partial charge on any atom is -0.315 e. The van der Waals surface area contributed by atoms with Gasteiger partial charge in [-0.2, -0.15) is 0 Å². The summed E-state index contributed by atoms with van der Waals surface area (Å²) in [4.78, 5) is 14.2. The first-order valence-electron chi connectivity index (χ1n) is 9.01. The Bertz CT molecular complexity index is 893. The second-order valence-corrected chi connectivity index (χ2v) is 8.95. The molecule has 0 saturated heterocycles. The summed E-state index contributed by atoms with van der Waals surface area (Å²) in [5, 5.41) is 0. The third kappa shape index (κ3) is 5.10. The largest absolute Gasteiger partial charge is 0.315 e. The number of carbonyl (C=O) groups excluding carboxylic acids is 1. The van der Waals surface area contributed by atoms with Gasteiger partial charge in [0.05, 0.1) is 11.9 Å². The van der Waals surface area contributed by atoms with Gasteiger partial charge >= 0.3 is 0 Å². The lowest BCUT2D eigenvalue weighted by Gasteiger charge is -2.28. The highest BCUT2D eigenvalue weighted by Gasteiger charge is 2.24. The highest BCUT2D eigenvalue weighted by atomic mass is 32.2. The van der Waals surface area contributed by atoms with Gasteiger partial charge in [0.25, 0.3) is 0 Å². The molecule has 146 valence electrons. The normalized spacial score (nSPS) is 11.5. The number of amides is 1. The summed E-state index contributed by atoms with van der Waals surface area (Å²) in [6, 6.07) is 15.1. The van der Waals surface area contributed by atoms with Gasteiger partial charge in [0, 0.05) is 25.7 Å². The van der Waals surface area contributed by atoms with Gasteiger partial charge in [-0.3, -0.25) is 9.10 Å². The molecule has 27 heavy (non-hydrogen) atoms. The minimum absolute atomic E-state index is 0.102. The number of benzene rings is 2. The molecular formula is C21H28N2O3S. The molecule has 0 aromatic heterocycles. The van der Waals surface area contributed by atoms with Crippen LogP contribution in [-0.2, 0) is 14.8 Å². The highest BCUT2D eigenvalue weighted by molar-refractivity contribution is 7.92. The molecule has 0 atom stereocenters. The van der Waals surface area contributed by atoms with Gasteiger partial charge in [-0.15, -0.1) is 0 Å². The molecule has 0 aliphatic heterocycles. The van der Waals surface area contributed by atoms with Crippen molar-refractivity contribution in [2.75, 3.05) is 29.1 Å². The van der Waals surface area contributed by atoms with Crippen LogP contribution in [0.15, 0.2) is 48.5 Å². The predicted octanol–water partition coefficient (Wildman–Crippen LogP) is 3.94. The number of carbonyl (C=O) groups is 1. The van der Waals surface area contributed by atoms with Crippen molar-refractivity contribution in [1.29, 1.82) is 0 Å². The van der Waals surface area contributed by atoms with Crippen molar-refractivity contribution in [3.05, 3.63) is 59.7 Å². The molecule has 0 bridgehead atoms. The summed E-state index contributed by atoms with van der Waals surface area (Å²) in [5.74, 6) is 0.0429. The Morgan fingerprint density at radius 2 is 1.67 bits per heavy atom. The van der Waals surface area contributed by atoms with E-state index in [-0.39, 0.29) is 24.8 Å². The molecule has 6 heteroatoms. The third-order valence-electron chi connectivity index (χ3n) is 4.59. The maximum absolute atomic E-state index is 12.6. The van der Waals surface area contributed by atoms with Crippen molar-refractivity contribution in [1.82, 2.24) is 0 Å². The number of hydrogen-bond donors (Lipinski definition) is 0. The molecule has 0 fully saturated rings. The van der Waals surface area contributed by atoms with Crippen LogP contribution >= 0.6 is 0 Å². The Labute approximate surface area is 162 Å². The van der Waals surface area contributed by atoms with Crippen LogP contribution in [0.5, 0.6) is 0 Å². The first-order chi connectivity index (χ1) is 12.6. The van der Waals surface area contributed by atoms with E-state index in [4.69, 9.17) is 0 Å². The molecule has 2 rings (SSSR count). The Morgan fingerprint density at radius 3 is 2.22 bits per heavy atom. The monoisotopic (exact) mass is 388 g/mol. The van der Waals surface area contributed by atoms with E-state index in [0.29, 0.717) is 5.69 Å². The zero-order chi connectivity index (χ0) is 20.2. The van der Waals surface area contributed by atoms with Crippen molar-refractivity contribution in [3.63, 3.8) is 0 Å². The predicted molar refractivity (Wildman–Crippen MR) is 112 cm³/mol. The van der Waals surface area contributed by atoms with Crippen LogP contribution in [0.1, 0.15) is 37.3 Å². The number of aryl methyl sites for hydroxylation is 1. The van der Waals surface area contributed by atoms with E-state index >= 15 is 0 Å². The van der Waals surface area contributed by atoms with Gasteiger partial charge < -0.3 is 4.90 Å². The van der Waals surface area contributed by atoms with E-state index in [9.17, 15) is 13.2 Å². The van der Waals surface area contributed by atoms with E-state index in [1.165, 1.54) is 10.6 Å². The number of sulfonamides is 1. The van der Waals surface area contributed by atoms with Gasteiger partial charge in [-0.05, 0) is 36.1 Å². The first-order valence-corrected chi connectivity index (χ1v) is 10.9. The van der Waals surface area contributed by atoms with Crippen molar-refractivity contribution >= 4 is 27.3 Å². The Balaban J connectivity index is 2.29. The molecule has 2 aromatic carbocycles. The quantitative estimate of drug-likeness (QED) is 0.722. The molecule has 0 heterocycles. The standard InChI is InChI=1S/C21H28N2O3S/c1-16(2)19-13-9-10-17(3)21(19)23(27(5,25)26)15-14-20(24)22(4)18-11-7-6-8-12-18/h6-13,16H,14-15H2,1-5H3. The zero-order valence-electron chi connectivity index (χ0n) is 16.6. The summed E-state index contributed by atoms with van der Waals surface area (Å²) >= 11 is 0. The molecule has 0 aliphatic rings. The molecule has 2 aromatic rings. The number of hydrogen-bond acceptors (Lipinski definition) is 3. The third-order valence-corrected chi connectivity index (χ3v) is 5.75. The van der Waals surface area contributed by atoms with Crippen molar-refractivity contribution in [3.8, 4) is 0 Å². The van der Waals surface area contributed by atoms with Gasteiger partial charge in [0.1, 0.15) is 0 Å². The fourth-order valence-electron chi connectivity index (χ4n) is 3.09. The minimum atomic E-state index is -3.52. The van der Waals surface area contributed by atoms with E-state index in [0.717, 1.165) is 16.8 Å². The maximum atomic E-state index is 12.6. The van der Waals surface area contributed by atoms with Gasteiger partial charge in [-0.1, -0.05) is 50.2 Å². The molecule has 0 N–H and O–H groups in total. The summed E-state index contributed by atoms with van der Waals surface area (Å²) in [7, 11) is -1.82. The molecular weight excluding hydrogens is 360 g/mol. The number of anilines is 2. The lowest BCUT2D eigenvalue weighted by atomic mass is 9.98. The Kier molecular flexibility index (Phi) is 6.65. The van der Waals surface area contributed by atoms with Crippen molar-refractivity contribution in [2.45, 2.75) is 33.1 Å². The van der Waals surface area contributed by atoms with Gasteiger partial charge in [0.2, 0.25) is 15.9 Å². The van der Waals surface area contributed by atoms with Crippen LogP contribution < -0.4 is 9.21 Å². The van der Waals surface area contributed by atoms with E-state index in [2.05, 4.69) is 0 Å². The second-order valence-electron chi connectivity index (χ2n) is 7.04. The molecule has 0 radical (unpaired) electrons. The molecule has 0 aliphatic carbocycles. The smallest absolute Gasteiger partial charge is 0.232 e. The topological polar surface area (TPSA) is 57.7 Å². The molecule has 5 nitrogen and oxygen atoms in total. The first kappa shape index (κ1) is 21.0. The summed E-state index contributed by atoms with van der Waals surface area (Å²) in [6.07, 6.45) is 1.29. The SMILES string of the molecule is Cc1cccc(C(C)C)c1N(CCC(=O)N(C)c1ccccc1)S(C)(=O)=O. The summed E-state index contributed by atoms with van der Waals surface area (Å²) in [5.41, 5.74) is 3.32. The fraction of sp³-hybridized carbons (Fsp3) is 0.381. The number of para-hydroxylation sites is 2. The fourth-order valence-corrected chi connectivity index (χ4v) is 4.10. The highest BCUT2D eigenvalue weighted by Crippen LogP contribution is 2.32. The van der Waals surface area contributed by atoms with Crippen LogP contribution in [0.2, 0.25) is 0 Å². The van der Waals surface area contributed by atoms with Crippen LogP contribution in [0.25, 0.3) is 0 Å². The van der Waals surface area contributed by atoms with E-state index < -0.39 is 10.0 Å². The lowest BCUT2D eigenvalue weighted by molar-refractivity contribution is -0.118. The number of rotatable bonds is 7. The average molecular weight is 389 g/mol. The molecule has 0 unspecified atom stereocenters. The van der Waals surface area contributed by atoms with Crippen molar-refractivity contribution < 1.29 is 13.2 Å². The molecule has 0 spiro atoms. The van der Waals surface area contributed by atoms with Crippen molar-refractivity contribution in [2.24, 2.45) is 0 Å². The molecule has 0 saturated carbocycles. The van der Waals surface area contributed by atoms with Crippen LogP contribution in [0.4, 0.5) is 11.4 Å². The van der Waals surface area contributed by atoms with E-state index in [1.807, 2.05) is 69.3 Å². The zero-order valence-corrected chi connectivity index (χ0v) is 17.5. The lowest BCUT2D eigenvalue weighted by Crippen LogP contribution is -2.36. The maximum Gasteiger partial charge on any atom is 0.232 e. The van der Waals surface area contributed by atoms with Crippen LogP contribution in [-0.4, -0.2) is 34.2 Å².